The van der Waals surface area contributed by atoms with E-state index in [1.807, 2.05) is 71.0 Å². The molecule has 0 spiro atoms. The highest BCUT2D eigenvalue weighted by Gasteiger charge is 2.37. The van der Waals surface area contributed by atoms with Gasteiger partial charge < -0.3 is 15.0 Å². The van der Waals surface area contributed by atoms with Gasteiger partial charge in [-0.15, -0.1) is 0 Å². The van der Waals surface area contributed by atoms with Gasteiger partial charge in [-0.1, -0.05) is 24.1 Å². The van der Waals surface area contributed by atoms with Crippen LogP contribution in [0.5, 0.6) is 5.75 Å². The molecular weight excluding hydrogens is 352 g/mol. The Hall–Kier alpha value is -2.82. The second-order valence-electron chi connectivity index (χ2n) is 8.14. The maximum atomic E-state index is 13.0. The molecule has 1 aliphatic heterocycles. The summed E-state index contributed by atoms with van der Waals surface area (Å²) in [6.07, 6.45) is 0.834. The molecule has 0 bridgehead atoms. The molecule has 0 saturated carbocycles. The lowest BCUT2D eigenvalue weighted by Gasteiger charge is -2.27. The second kappa shape index (κ2) is 7.66. The van der Waals surface area contributed by atoms with E-state index in [1.54, 1.807) is 4.90 Å². The number of benzene rings is 2. The third-order valence-corrected chi connectivity index (χ3v) is 4.85. The fourth-order valence-electron chi connectivity index (χ4n) is 3.48. The topological polar surface area (TPSA) is 58.6 Å². The molecule has 0 unspecified atom stereocenters. The Morgan fingerprint density at radius 1 is 1.14 bits per heavy atom. The van der Waals surface area contributed by atoms with Crippen LogP contribution in [-0.2, 0) is 4.79 Å². The highest BCUT2D eigenvalue weighted by atomic mass is 16.5. The molecule has 0 radical (unpaired) electrons. The minimum atomic E-state index is -0.601. The van der Waals surface area contributed by atoms with Gasteiger partial charge in [0.05, 0.1) is 11.1 Å². The first kappa shape index (κ1) is 19.9. The molecule has 0 saturated heterocycles. The van der Waals surface area contributed by atoms with Crippen LogP contribution in [0.3, 0.4) is 0 Å². The Balaban J connectivity index is 1.93. The smallest absolute Gasteiger partial charge is 0.255 e. The minimum Gasteiger partial charge on any atom is -0.490 e. The number of ether oxygens (including phenoxy) is 1. The van der Waals surface area contributed by atoms with Crippen LogP contribution in [0.1, 0.15) is 48.7 Å². The molecule has 1 N–H and O–H groups in total. The largest absolute Gasteiger partial charge is 0.490 e. The van der Waals surface area contributed by atoms with E-state index in [9.17, 15) is 9.59 Å². The van der Waals surface area contributed by atoms with Crippen molar-refractivity contribution in [3.8, 4) is 5.75 Å². The zero-order chi connectivity index (χ0) is 20.5. The molecule has 0 fully saturated rings. The number of nitrogens with zero attached hydrogens (tertiary/aromatic N) is 1. The van der Waals surface area contributed by atoms with Gasteiger partial charge in [0, 0.05) is 17.8 Å². The van der Waals surface area contributed by atoms with Crippen molar-refractivity contribution in [1.29, 1.82) is 0 Å². The molecule has 1 heterocycles. The molecule has 2 amide bonds. The van der Waals surface area contributed by atoms with Gasteiger partial charge in [-0.2, -0.15) is 0 Å². The Labute approximate surface area is 166 Å². The fourth-order valence-corrected chi connectivity index (χ4v) is 3.48. The van der Waals surface area contributed by atoms with Crippen LogP contribution in [0.15, 0.2) is 36.4 Å². The summed E-state index contributed by atoms with van der Waals surface area (Å²) in [5, 5.41) is 2.95. The first-order valence-corrected chi connectivity index (χ1v) is 9.70. The van der Waals surface area contributed by atoms with Crippen LogP contribution >= 0.6 is 0 Å². The molecule has 0 aromatic heterocycles. The average molecular weight is 380 g/mol. The second-order valence-corrected chi connectivity index (χ2v) is 8.14. The van der Waals surface area contributed by atoms with Crippen molar-refractivity contribution in [3.63, 3.8) is 0 Å². The van der Waals surface area contributed by atoms with Crippen LogP contribution in [0.25, 0.3) is 0 Å². The van der Waals surface area contributed by atoms with E-state index in [2.05, 4.69) is 5.32 Å². The number of nitrogens with one attached hydrogen (secondary N) is 1. The summed E-state index contributed by atoms with van der Waals surface area (Å²) in [5.41, 5.74) is 3.45. The molecule has 3 rings (SSSR count). The van der Waals surface area contributed by atoms with E-state index in [1.165, 1.54) is 0 Å². The standard InChI is InChI=1S/C23H28N2O3/c1-6-9-25-19-13-18(7-8-20(19)28-14-23(4,5)22(25)27)24-21(26)17-11-15(2)10-16(3)12-17/h7-8,10-13H,6,9,14H2,1-5H3,(H,24,26). The van der Waals surface area contributed by atoms with Crippen molar-refractivity contribution < 1.29 is 14.3 Å². The third-order valence-electron chi connectivity index (χ3n) is 4.85. The number of hydrogen-bond acceptors (Lipinski definition) is 3. The van der Waals surface area contributed by atoms with E-state index >= 15 is 0 Å². The molecular formula is C23H28N2O3. The van der Waals surface area contributed by atoms with E-state index in [4.69, 9.17) is 4.74 Å². The summed E-state index contributed by atoms with van der Waals surface area (Å²) in [6.45, 7) is 10.7. The first-order valence-electron chi connectivity index (χ1n) is 9.70. The zero-order valence-corrected chi connectivity index (χ0v) is 17.3. The Morgan fingerprint density at radius 2 is 1.82 bits per heavy atom. The molecule has 2 aromatic carbocycles. The van der Waals surface area contributed by atoms with Gasteiger partial charge in [0.1, 0.15) is 12.4 Å². The normalized spacial score (nSPS) is 15.5. The monoisotopic (exact) mass is 380 g/mol. The lowest BCUT2D eigenvalue weighted by atomic mass is 9.93. The maximum absolute atomic E-state index is 13.0. The third kappa shape index (κ3) is 4.03. The zero-order valence-electron chi connectivity index (χ0n) is 17.3. The number of carbonyl (C=O) groups excluding carboxylic acids is 2. The number of rotatable bonds is 4. The Morgan fingerprint density at radius 3 is 2.46 bits per heavy atom. The molecule has 0 aliphatic carbocycles. The number of carbonyl (C=O) groups is 2. The van der Waals surface area contributed by atoms with Gasteiger partial charge in [0.2, 0.25) is 5.91 Å². The summed E-state index contributed by atoms with van der Waals surface area (Å²) < 4.78 is 5.91. The van der Waals surface area contributed by atoms with Crippen molar-refractivity contribution in [2.45, 2.75) is 41.0 Å². The lowest BCUT2D eigenvalue weighted by molar-refractivity contribution is -0.127. The van der Waals surface area contributed by atoms with Gasteiger partial charge in [-0.05, 0) is 64.4 Å². The maximum Gasteiger partial charge on any atom is 0.255 e. The van der Waals surface area contributed by atoms with E-state index in [0.717, 1.165) is 17.5 Å². The predicted octanol–water partition coefficient (Wildman–Crippen LogP) is 4.72. The molecule has 1 aliphatic rings. The molecule has 5 nitrogen and oxygen atoms in total. The first-order chi connectivity index (χ1) is 13.2. The van der Waals surface area contributed by atoms with Crippen molar-refractivity contribution >= 4 is 23.2 Å². The number of hydrogen-bond donors (Lipinski definition) is 1. The number of fused-ring (bicyclic) bond motifs is 1. The molecule has 148 valence electrons. The van der Waals surface area contributed by atoms with Crippen LogP contribution in [0.4, 0.5) is 11.4 Å². The number of anilines is 2. The molecule has 0 atom stereocenters. The molecule has 5 heteroatoms. The van der Waals surface area contributed by atoms with Gasteiger partial charge >= 0.3 is 0 Å². The number of amides is 2. The fraction of sp³-hybridized carbons (Fsp3) is 0.391. The van der Waals surface area contributed by atoms with Crippen molar-refractivity contribution in [2.24, 2.45) is 5.41 Å². The summed E-state index contributed by atoms with van der Waals surface area (Å²) in [7, 11) is 0. The van der Waals surface area contributed by atoms with Crippen LogP contribution in [-0.4, -0.2) is 25.0 Å². The highest BCUT2D eigenvalue weighted by molar-refractivity contribution is 6.05. The summed E-state index contributed by atoms with van der Waals surface area (Å²) in [6, 6.07) is 11.2. The van der Waals surface area contributed by atoms with Gasteiger partial charge in [0.15, 0.2) is 0 Å². The molecule has 2 aromatic rings. The Bertz CT molecular complexity index is 898. The predicted molar refractivity (Wildman–Crippen MR) is 112 cm³/mol. The van der Waals surface area contributed by atoms with Crippen LogP contribution in [0.2, 0.25) is 0 Å². The van der Waals surface area contributed by atoms with E-state index < -0.39 is 5.41 Å². The van der Waals surface area contributed by atoms with Crippen molar-refractivity contribution in [1.82, 2.24) is 0 Å². The van der Waals surface area contributed by atoms with Gasteiger partial charge in [-0.3, -0.25) is 9.59 Å². The van der Waals surface area contributed by atoms with E-state index in [-0.39, 0.29) is 11.8 Å². The Kier molecular flexibility index (Phi) is 5.45. The summed E-state index contributed by atoms with van der Waals surface area (Å²) >= 11 is 0. The van der Waals surface area contributed by atoms with Crippen LogP contribution < -0.4 is 15.0 Å². The van der Waals surface area contributed by atoms with Crippen LogP contribution in [0, 0.1) is 19.3 Å². The SMILES string of the molecule is CCCN1C(=O)C(C)(C)COc2ccc(NC(=O)c3cc(C)cc(C)c3)cc21. The summed E-state index contributed by atoms with van der Waals surface area (Å²) in [5.74, 6) is 0.526. The molecule has 28 heavy (non-hydrogen) atoms. The van der Waals surface area contributed by atoms with E-state index in [0.29, 0.717) is 35.8 Å². The van der Waals surface area contributed by atoms with Gasteiger partial charge in [0.25, 0.3) is 5.91 Å². The van der Waals surface area contributed by atoms with Gasteiger partial charge in [-0.25, -0.2) is 0 Å². The average Bonchev–Trinajstić information content (AvgIpc) is 2.71. The minimum absolute atomic E-state index is 0.0332. The van der Waals surface area contributed by atoms with Crippen molar-refractivity contribution in [2.75, 3.05) is 23.4 Å². The van der Waals surface area contributed by atoms with Crippen molar-refractivity contribution in [3.05, 3.63) is 53.1 Å². The number of aryl methyl sites for hydroxylation is 2. The lowest BCUT2D eigenvalue weighted by Crippen LogP contribution is -2.42. The summed E-state index contributed by atoms with van der Waals surface area (Å²) in [4.78, 5) is 27.5. The quantitative estimate of drug-likeness (QED) is 0.835. The highest BCUT2D eigenvalue weighted by Crippen LogP contribution is 2.38.